The molecule has 2 heterocycles. The highest BCUT2D eigenvalue weighted by atomic mass is 16.5. The Balaban J connectivity index is 1.56. The first-order valence-corrected chi connectivity index (χ1v) is 10.2. The number of nitrogens with one attached hydrogen (secondary N) is 2. The lowest BCUT2D eigenvalue weighted by atomic mass is 10.1. The van der Waals surface area contributed by atoms with Gasteiger partial charge in [-0.25, -0.2) is 4.79 Å². The van der Waals surface area contributed by atoms with E-state index in [4.69, 9.17) is 0 Å². The van der Waals surface area contributed by atoms with Crippen LogP contribution in [0.4, 0.5) is 5.69 Å². The molecule has 33 heavy (non-hydrogen) atoms. The summed E-state index contributed by atoms with van der Waals surface area (Å²) in [6, 6.07) is 26.3. The van der Waals surface area contributed by atoms with Crippen LogP contribution in [-0.2, 0) is 6.54 Å². The molecule has 3 aromatic carbocycles. The lowest BCUT2D eigenvalue weighted by Crippen LogP contribution is -2.18. The molecule has 2 N–H and O–H groups in total. The van der Waals surface area contributed by atoms with Crippen molar-refractivity contribution < 1.29 is 9.32 Å². The van der Waals surface area contributed by atoms with Crippen LogP contribution in [0.3, 0.4) is 0 Å². The number of amides is 1. The normalized spacial score (nSPS) is 10.8. The van der Waals surface area contributed by atoms with E-state index in [1.54, 1.807) is 12.1 Å². The van der Waals surface area contributed by atoms with Crippen LogP contribution in [0.2, 0.25) is 0 Å². The largest absolute Gasteiger partial charge is 0.439 e. The third kappa shape index (κ3) is 3.91. The standard InChI is InChI=1S/C25H17N5O3/c26-14-17-10-11-20(19(12-17)23-28-25(32)33-29-23)27-24(31)22-13-18-8-4-5-9-21(18)30(22)15-16-6-2-1-3-7-16/h1-13H,15H2,(H,27,31)(H,28,29,32). The number of anilines is 1. The first-order valence-electron chi connectivity index (χ1n) is 10.2. The van der Waals surface area contributed by atoms with E-state index >= 15 is 0 Å². The maximum Gasteiger partial charge on any atom is 0.439 e. The Morgan fingerprint density at radius 3 is 2.61 bits per heavy atom. The van der Waals surface area contributed by atoms with Crippen LogP contribution >= 0.6 is 0 Å². The number of fused-ring (bicyclic) bond motifs is 1. The van der Waals surface area contributed by atoms with Gasteiger partial charge in [0, 0.05) is 23.0 Å². The molecule has 0 unspecified atom stereocenters. The molecule has 0 spiro atoms. The molecule has 1 amide bonds. The summed E-state index contributed by atoms with van der Waals surface area (Å²) < 4.78 is 6.56. The van der Waals surface area contributed by atoms with Gasteiger partial charge in [-0.1, -0.05) is 53.7 Å². The van der Waals surface area contributed by atoms with Gasteiger partial charge in [0.1, 0.15) is 5.69 Å². The van der Waals surface area contributed by atoms with Crippen molar-refractivity contribution in [3.05, 3.63) is 106 Å². The van der Waals surface area contributed by atoms with E-state index in [1.807, 2.05) is 71.3 Å². The summed E-state index contributed by atoms with van der Waals surface area (Å²) in [7, 11) is 0. The van der Waals surface area contributed by atoms with E-state index in [1.165, 1.54) is 6.07 Å². The zero-order valence-corrected chi connectivity index (χ0v) is 17.3. The molecule has 0 aliphatic heterocycles. The van der Waals surface area contributed by atoms with Crippen molar-refractivity contribution in [2.24, 2.45) is 0 Å². The van der Waals surface area contributed by atoms with E-state index in [2.05, 4.69) is 20.0 Å². The molecule has 160 valence electrons. The maximum atomic E-state index is 13.4. The van der Waals surface area contributed by atoms with Gasteiger partial charge in [-0.2, -0.15) is 5.26 Å². The Kier molecular flexibility index (Phi) is 5.05. The second-order valence-corrected chi connectivity index (χ2v) is 7.43. The molecule has 0 aliphatic rings. The van der Waals surface area contributed by atoms with Gasteiger partial charge in [-0.3, -0.25) is 14.3 Å². The fourth-order valence-corrected chi connectivity index (χ4v) is 3.79. The van der Waals surface area contributed by atoms with Gasteiger partial charge < -0.3 is 9.88 Å². The summed E-state index contributed by atoms with van der Waals surface area (Å²) in [6.45, 7) is 0.522. The lowest BCUT2D eigenvalue weighted by Gasteiger charge is -2.13. The van der Waals surface area contributed by atoms with Crippen molar-refractivity contribution >= 4 is 22.5 Å². The second kappa shape index (κ2) is 8.32. The highest BCUT2D eigenvalue weighted by Gasteiger charge is 2.19. The van der Waals surface area contributed by atoms with Crippen LogP contribution < -0.4 is 11.1 Å². The van der Waals surface area contributed by atoms with E-state index in [0.717, 1.165) is 16.5 Å². The minimum Gasteiger partial charge on any atom is -0.332 e. The number of hydrogen-bond donors (Lipinski definition) is 2. The van der Waals surface area contributed by atoms with Gasteiger partial charge in [-0.05, 0) is 35.9 Å². The number of H-pyrrole nitrogens is 1. The van der Waals surface area contributed by atoms with E-state index < -0.39 is 5.76 Å². The van der Waals surface area contributed by atoms with Crippen LogP contribution in [0.5, 0.6) is 0 Å². The van der Waals surface area contributed by atoms with Crippen molar-refractivity contribution in [1.82, 2.24) is 14.7 Å². The Bertz CT molecular complexity index is 1570. The molecule has 2 aromatic heterocycles. The summed E-state index contributed by atoms with van der Waals surface area (Å²) in [5.74, 6) is -0.941. The summed E-state index contributed by atoms with van der Waals surface area (Å²) in [4.78, 5) is 27.3. The minimum atomic E-state index is -0.729. The predicted molar refractivity (Wildman–Crippen MR) is 123 cm³/mol. The van der Waals surface area contributed by atoms with Crippen molar-refractivity contribution in [1.29, 1.82) is 5.26 Å². The molecule has 0 fully saturated rings. The van der Waals surface area contributed by atoms with Crippen LogP contribution in [-0.4, -0.2) is 20.6 Å². The van der Waals surface area contributed by atoms with Crippen molar-refractivity contribution in [2.75, 3.05) is 5.32 Å². The van der Waals surface area contributed by atoms with Crippen molar-refractivity contribution in [2.45, 2.75) is 6.54 Å². The highest BCUT2D eigenvalue weighted by molar-refractivity contribution is 6.08. The van der Waals surface area contributed by atoms with Crippen molar-refractivity contribution in [3.63, 3.8) is 0 Å². The van der Waals surface area contributed by atoms with Crippen LogP contribution in [0.25, 0.3) is 22.3 Å². The van der Waals surface area contributed by atoms with Gasteiger partial charge in [0.05, 0.1) is 17.3 Å². The molecule has 5 aromatic rings. The third-order valence-corrected chi connectivity index (χ3v) is 5.32. The maximum absolute atomic E-state index is 13.4. The van der Waals surface area contributed by atoms with Crippen LogP contribution in [0.15, 0.2) is 88.2 Å². The summed E-state index contributed by atoms with van der Waals surface area (Å²) in [5, 5.41) is 16.8. The molecule has 0 radical (unpaired) electrons. The Morgan fingerprint density at radius 2 is 1.85 bits per heavy atom. The Morgan fingerprint density at radius 1 is 1.06 bits per heavy atom. The van der Waals surface area contributed by atoms with E-state index in [0.29, 0.717) is 29.1 Å². The van der Waals surface area contributed by atoms with Gasteiger partial charge >= 0.3 is 5.76 Å². The molecule has 5 rings (SSSR count). The molecule has 8 heteroatoms. The SMILES string of the molecule is N#Cc1ccc(NC(=O)c2cc3ccccc3n2Cc2ccccc2)c(-c2noc(=O)[nH]2)c1. The molecule has 0 bridgehead atoms. The summed E-state index contributed by atoms with van der Waals surface area (Å²) >= 11 is 0. The number of carbonyl (C=O) groups is 1. The lowest BCUT2D eigenvalue weighted by molar-refractivity contribution is 0.101. The van der Waals surface area contributed by atoms with Gasteiger partial charge in [0.15, 0.2) is 5.82 Å². The number of para-hydroxylation sites is 1. The topological polar surface area (TPSA) is 117 Å². The molecule has 0 saturated carbocycles. The number of carbonyl (C=O) groups excluding carboxylic acids is 1. The number of nitrogens with zero attached hydrogens (tertiary/aromatic N) is 3. The van der Waals surface area contributed by atoms with Crippen LogP contribution in [0.1, 0.15) is 21.6 Å². The average molecular weight is 435 g/mol. The number of nitriles is 1. The van der Waals surface area contributed by atoms with E-state index in [-0.39, 0.29) is 11.7 Å². The zero-order valence-electron chi connectivity index (χ0n) is 17.3. The zero-order chi connectivity index (χ0) is 22.8. The predicted octanol–water partition coefficient (Wildman–Crippen LogP) is 4.16. The molecular weight excluding hydrogens is 418 g/mol. The van der Waals surface area contributed by atoms with Gasteiger partial charge in [-0.15, -0.1) is 0 Å². The number of aromatic amines is 1. The number of aromatic nitrogens is 3. The number of benzene rings is 3. The quantitative estimate of drug-likeness (QED) is 0.430. The second-order valence-electron chi connectivity index (χ2n) is 7.43. The first kappa shape index (κ1) is 20.0. The Labute approximate surface area is 187 Å². The van der Waals surface area contributed by atoms with Crippen LogP contribution in [0, 0.1) is 11.3 Å². The average Bonchev–Trinajstić information content (AvgIpc) is 3.44. The van der Waals surface area contributed by atoms with E-state index in [9.17, 15) is 14.9 Å². The first-order chi connectivity index (χ1) is 16.1. The number of rotatable bonds is 5. The summed E-state index contributed by atoms with van der Waals surface area (Å²) in [6.07, 6.45) is 0. The van der Waals surface area contributed by atoms with Gasteiger partial charge in [0.25, 0.3) is 5.91 Å². The molecule has 0 atom stereocenters. The minimum absolute atomic E-state index is 0.122. The van der Waals surface area contributed by atoms with Gasteiger partial charge in [0.2, 0.25) is 0 Å². The monoisotopic (exact) mass is 435 g/mol. The highest BCUT2D eigenvalue weighted by Crippen LogP contribution is 2.28. The van der Waals surface area contributed by atoms with Crippen molar-refractivity contribution in [3.8, 4) is 17.5 Å². The Hall–Kier alpha value is -4.90. The fourth-order valence-electron chi connectivity index (χ4n) is 3.79. The third-order valence-electron chi connectivity index (χ3n) is 5.32. The fraction of sp³-hybridized carbons (Fsp3) is 0.0400. The summed E-state index contributed by atoms with van der Waals surface area (Å²) in [5.41, 5.74) is 3.59. The molecule has 0 aliphatic carbocycles. The molecule has 8 nitrogen and oxygen atoms in total. The number of hydrogen-bond acceptors (Lipinski definition) is 5. The smallest absolute Gasteiger partial charge is 0.332 e. The molecule has 0 saturated heterocycles. The molecular formula is C25H17N5O3.